The number of aromatic nitrogens is 3. The van der Waals surface area contributed by atoms with E-state index in [1.807, 2.05) is 44.2 Å². The average molecular weight is 362 g/mol. The maximum atomic E-state index is 13.0. The Morgan fingerprint density at radius 3 is 2.78 bits per heavy atom. The summed E-state index contributed by atoms with van der Waals surface area (Å²) in [5.41, 5.74) is 1.44. The van der Waals surface area contributed by atoms with E-state index in [0.717, 1.165) is 10.9 Å². The Labute approximate surface area is 155 Å². The maximum Gasteiger partial charge on any atom is 0.290 e. The Kier molecular flexibility index (Phi) is 4.42. The van der Waals surface area contributed by atoms with Crippen LogP contribution >= 0.6 is 0 Å². The van der Waals surface area contributed by atoms with Crippen LogP contribution in [0.4, 0.5) is 0 Å². The average Bonchev–Trinajstić information content (AvgIpc) is 3.33. The summed E-state index contributed by atoms with van der Waals surface area (Å²) in [4.78, 5) is 23.0. The molecule has 1 amide bonds. The van der Waals surface area contributed by atoms with Gasteiger partial charge < -0.3 is 13.8 Å². The summed E-state index contributed by atoms with van der Waals surface area (Å²) in [5, 5.41) is 4.87. The van der Waals surface area contributed by atoms with E-state index in [2.05, 4.69) is 15.1 Å². The number of nitrogens with zero attached hydrogens (tertiary/aromatic N) is 4. The van der Waals surface area contributed by atoms with Crippen molar-refractivity contribution < 1.29 is 13.7 Å². The normalized spacial score (nSPS) is 11.2. The summed E-state index contributed by atoms with van der Waals surface area (Å²) in [6.45, 7) is 4.05. The molecule has 7 nitrogen and oxygen atoms in total. The second kappa shape index (κ2) is 7.03. The van der Waals surface area contributed by atoms with Gasteiger partial charge in [0.05, 0.1) is 0 Å². The first-order chi connectivity index (χ1) is 13.1. The Bertz CT molecular complexity index is 1040. The van der Waals surface area contributed by atoms with Crippen molar-refractivity contribution in [2.45, 2.75) is 26.4 Å². The minimum atomic E-state index is -0.220. The quantitative estimate of drug-likeness (QED) is 0.535. The van der Waals surface area contributed by atoms with Crippen LogP contribution in [-0.2, 0) is 6.54 Å². The third kappa shape index (κ3) is 3.44. The molecule has 0 N–H and O–H groups in total. The van der Waals surface area contributed by atoms with Crippen molar-refractivity contribution in [3.05, 3.63) is 66.5 Å². The monoisotopic (exact) mass is 362 g/mol. The molecule has 0 saturated heterocycles. The fourth-order valence-corrected chi connectivity index (χ4v) is 2.79. The number of rotatable bonds is 5. The topological polar surface area (TPSA) is 85.3 Å². The molecule has 0 fully saturated rings. The van der Waals surface area contributed by atoms with Crippen LogP contribution in [0, 0.1) is 0 Å². The number of benzene rings is 1. The predicted octanol–water partition coefficient (Wildman–Crippen LogP) is 3.93. The highest BCUT2D eigenvalue weighted by Crippen LogP contribution is 2.22. The summed E-state index contributed by atoms with van der Waals surface area (Å²) in [7, 11) is 0. The molecular formula is C20H18N4O3. The lowest BCUT2D eigenvalue weighted by Gasteiger charge is -2.23. The second-order valence-corrected chi connectivity index (χ2v) is 6.43. The van der Waals surface area contributed by atoms with Gasteiger partial charge in [0.1, 0.15) is 12.1 Å². The lowest BCUT2D eigenvalue weighted by molar-refractivity contribution is 0.0637. The molecule has 0 aliphatic carbocycles. The molecule has 0 aliphatic rings. The molecule has 27 heavy (non-hydrogen) atoms. The first-order valence-electron chi connectivity index (χ1n) is 8.64. The van der Waals surface area contributed by atoms with E-state index in [1.165, 1.54) is 0 Å². The van der Waals surface area contributed by atoms with Gasteiger partial charge >= 0.3 is 0 Å². The summed E-state index contributed by atoms with van der Waals surface area (Å²) < 4.78 is 11.0. The first kappa shape index (κ1) is 17.0. The van der Waals surface area contributed by atoms with Crippen LogP contribution in [0.5, 0.6) is 0 Å². The van der Waals surface area contributed by atoms with Crippen molar-refractivity contribution in [3.63, 3.8) is 0 Å². The van der Waals surface area contributed by atoms with E-state index in [4.69, 9.17) is 8.94 Å². The van der Waals surface area contributed by atoms with Gasteiger partial charge in [0.15, 0.2) is 5.76 Å². The zero-order chi connectivity index (χ0) is 18.8. The number of carbonyl (C=O) groups is 1. The van der Waals surface area contributed by atoms with Crippen LogP contribution in [0.15, 0.2) is 63.8 Å². The van der Waals surface area contributed by atoms with E-state index in [1.54, 1.807) is 29.4 Å². The summed E-state index contributed by atoms with van der Waals surface area (Å²) >= 11 is 0. The number of pyridine rings is 1. The van der Waals surface area contributed by atoms with Crippen LogP contribution < -0.4 is 0 Å². The minimum Gasteiger partial charge on any atom is -0.451 e. The van der Waals surface area contributed by atoms with Crippen molar-refractivity contribution in [3.8, 4) is 11.4 Å². The first-order valence-corrected chi connectivity index (χ1v) is 8.64. The summed E-state index contributed by atoms with van der Waals surface area (Å²) in [6.07, 6.45) is 3.34. The number of fused-ring (bicyclic) bond motifs is 1. The Hall–Kier alpha value is -3.48. The lowest BCUT2D eigenvalue weighted by atomic mass is 10.2. The molecule has 136 valence electrons. The van der Waals surface area contributed by atoms with Crippen LogP contribution in [0.3, 0.4) is 0 Å². The highest BCUT2D eigenvalue weighted by atomic mass is 16.5. The van der Waals surface area contributed by atoms with Gasteiger partial charge in [-0.25, -0.2) is 0 Å². The maximum absolute atomic E-state index is 13.0. The molecule has 7 heteroatoms. The SMILES string of the molecule is CC(C)N(Cc1nc(-c2cccnc2)no1)C(=O)c1cc2ccccc2o1. The van der Waals surface area contributed by atoms with Crippen LogP contribution in [0.25, 0.3) is 22.4 Å². The third-order valence-electron chi connectivity index (χ3n) is 4.21. The Morgan fingerprint density at radius 2 is 2.04 bits per heavy atom. The van der Waals surface area contributed by atoms with Crippen molar-refractivity contribution in [1.82, 2.24) is 20.0 Å². The Balaban J connectivity index is 1.58. The van der Waals surface area contributed by atoms with Crippen molar-refractivity contribution >= 4 is 16.9 Å². The number of hydrogen-bond acceptors (Lipinski definition) is 6. The van der Waals surface area contributed by atoms with Crippen LogP contribution in [0.2, 0.25) is 0 Å². The van der Waals surface area contributed by atoms with E-state index in [-0.39, 0.29) is 24.3 Å². The van der Waals surface area contributed by atoms with Gasteiger partial charge in [0.2, 0.25) is 11.7 Å². The molecular weight excluding hydrogens is 344 g/mol. The highest BCUT2D eigenvalue weighted by molar-refractivity contribution is 5.96. The molecule has 3 heterocycles. The van der Waals surface area contributed by atoms with Crippen molar-refractivity contribution in [1.29, 1.82) is 0 Å². The zero-order valence-electron chi connectivity index (χ0n) is 15.0. The van der Waals surface area contributed by atoms with E-state index >= 15 is 0 Å². The highest BCUT2D eigenvalue weighted by Gasteiger charge is 2.25. The molecule has 4 rings (SSSR count). The van der Waals surface area contributed by atoms with Gasteiger partial charge in [0, 0.05) is 29.4 Å². The van der Waals surface area contributed by atoms with Crippen LogP contribution in [-0.4, -0.2) is 32.0 Å². The van der Waals surface area contributed by atoms with Gasteiger partial charge in [-0.05, 0) is 38.1 Å². The largest absolute Gasteiger partial charge is 0.451 e. The van der Waals surface area contributed by atoms with E-state index < -0.39 is 0 Å². The van der Waals surface area contributed by atoms with Crippen molar-refractivity contribution in [2.24, 2.45) is 0 Å². The standard InChI is InChI=1S/C20H18N4O3/c1-13(2)24(20(25)17-10-14-6-3-4-8-16(14)26-17)12-18-22-19(23-27-18)15-7-5-9-21-11-15/h3-11,13H,12H2,1-2H3. The van der Waals surface area contributed by atoms with Gasteiger partial charge in [-0.1, -0.05) is 23.4 Å². The number of para-hydroxylation sites is 1. The fraction of sp³-hybridized carbons (Fsp3) is 0.200. The fourth-order valence-electron chi connectivity index (χ4n) is 2.79. The number of carbonyl (C=O) groups excluding carboxylic acids is 1. The molecule has 1 aromatic carbocycles. The molecule has 0 bridgehead atoms. The third-order valence-corrected chi connectivity index (χ3v) is 4.21. The van der Waals surface area contributed by atoms with Gasteiger partial charge in [-0.15, -0.1) is 0 Å². The summed E-state index contributed by atoms with van der Waals surface area (Å²) in [5.74, 6) is 0.865. The molecule has 0 aliphatic heterocycles. The number of hydrogen-bond donors (Lipinski definition) is 0. The van der Waals surface area contributed by atoms with Gasteiger partial charge in [0.25, 0.3) is 5.91 Å². The molecule has 0 unspecified atom stereocenters. The minimum absolute atomic E-state index is 0.0699. The molecule has 0 spiro atoms. The number of furan rings is 1. The molecule has 4 aromatic rings. The molecule has 0 saturated carbocycles. The molecule has 3 aromatic heterocycles. The van der Waals surface area contributed by atoms with Crippen LogP contribution in [0.1, 0.15) is 30.3 Å². The van der Waals surface area contributed by atoms with Crippen molar-refractivity contribution in [2.75, 3.05) is 0 Å². The van der Waals surface area contributed by atoms with Gasteiger partial charge in [-0.3, -0.25) is 9.78 Å². The second-order valence-electron chi connectivity index (χ2n) is 6.43. The van der Waals surface area contributed by atoms with Gasteiger partial charge in [-0.2, -0.15) is 4.98 Å². The van der Waals surface area contributed by atoms with E-state index in [0.29, 0.717) is 17.3 Å². The van der Waals surface area contributed by atoms with E-state index in [9.17, 15) is 4.79 Å². The zero-order valence-corrected chi connectivity index (χ0v) is 15.0. The Morgan fingerprint density at radius 1 is 1.19 bits per heavy atom. The molecule has 0 radical (unpaired) electrons. The predicted molar refractivity (Wildman–Crippen MR) is 98.8 cm³/mol. The smallest absolute Gasteiger partial charge is 0.290 e. The molecule has 0 atom stereocenters. The lowest BCUT2D eigenvalue weighted by Crippen LogP contribution is -2.36. The summed E-state index contributed by atoms with van der Waals surface area (Å²) in [6, 6.07) is 12.9. The number of amides is 1.